The van der Waals surface area contributed by atoms with E-state index >= 15 is 0 Å². The van der Waals surface area contributed by atoms with Crippen LogP contribution >= 0.6 is 11.6 Å². The Labute approximate surface area is 126 Å². The van der Waals surface area contributed by atoms with Crippen LogP contribution in [0.15, 0.2) is 30.9 Å². The van der Waals surface area contributed by atoms with Gasteiger partial charge in [-0.15, -0.1) is 6.58 Å². The largest absolute Gasteiger partial charge is 0.493 e. The number of hydrogen-bond acceptors (Lipinski definition) is 3. The fourth-order valence-electron chi connectivity index (χ4n) is 1.85. The summed E-state index contributed by atoms with van der Waals surface area (Å²) in [5.41, 5.74) is 1.08. The van der Waals surface area contributed by atoms with Crippen molar-refractivity contribution in [3.8, 4) is 5.75 Å². The number of methoxy groups -OCH3 is 1. The SMILES string of the molecule is C=CCc1cc(Cl)ccc1OCCCNCCCOC. The maximum absolute atomic E-state index is 5.99. The molecule has 0 aromatic heterocycles. The second kappa shape index (κ2) is 10.7. The number of benzene rings is 1. The Hall–Kier alpha value is -1.03. The molecule has 0 unspecified atom stereocenters. The summed E-state index contributed by atoms with van der Waals surface area (Å²) in [5.74, 6) is 0.897. The zero-order chi connectivity index (χ0) is 14.6. The summed E-state index contributed by atoms with van der Waals surface area (Å²) in [7, 11) is 1.72. The van der Waals surface area contributed by atoms with Crippen LogP contribution in [0.5, 0.6) is 5.75 Å². The van der Waals surface area contributed by atoms with Crippen LogP contribution < -0.4 is 10.1 Å². The Morgan fingerprint density at radius 3 is 2.70 bits per heavy atom. The van der Waals surface area contributed by atoms with E-state index in [1.807, 2.05) is 24.3 Å². The first kappa shape index (κ1) is 17.0. The predicted molar refractivity (Wildman–Crippen MR) is 84.8 cm³/mol. The van der Waals surface area contributed by atoms with Crippen molar-refractivity contribution < 1.29 is 9.47 Å². The molecule has 0 saturated heterocycles. The van der Waals surface area contributed by atoms with Crippen molar-refractivity contribution in [2.45, 2.75) is 19.3 Å². The van der Waals surface area contributed by atoms with Crippen molar-refractivity contribution in [3.63, 3.8) is 0 Å². The van der Waals surface area contributed by atoms with Gasteiger partial charge in [0.2, 0.25) is 0 Å². The first-order valence-corrected chi connectivity index (χ1v) is 7.37. The molecule has 0 aliphatic heterocycles. The second-order valence-corrected chi connectivity index (χ2v) is 4.98. The maximum Gasteiger partial charge on any atom is 0.122 e. The lowest BCUT2D eigenvalue weighted by molar-refractivity contribution is 0.194. The molecule has 0 fully saturated rings. The molecule has 4 heteroatoms. The summed E-state index contributed by atoms with van der Waals surface area (Å²) in [5, 5.41) is 4.09. The molecule has 0 radical (unpaired) electrons. The highest BCUT2D eigenvalue weighted by atomic mass is 35.5. The van der Waals surface area contributed by atoms with E-state index in [-0.39, 0.29) is 0 Å². The monoisotopic (exact) mass is 297 g/mol. The van der Waals surface area contributed by atoms with E-state index in [1.54, 1.807) is 7.11 Å². The predicted octanol–water partition coefficient (Wildman–Crippen LogP) is 3.46. The van der Waals surface area contributed by atoms with Crippen LogP contribution in [0.4, 0.5) is 0 Å². The second-order valence-electron chi connectivity index (χ2n) is 4.54. The summed E-state index contributed by atoms with van der Waals surface area (Å²) in [6.45, 7) is 7.19. The van der Waals surface area contributed by atoms with Crippen molar-refractivity contribution >= 4 is 11.6 Å². The lowest BCUT2D eigenvalue weighted by Gasteiger charge is -2.11. The number of nitrogens with one attached hydrogen (secondary N) is 1. The van der Waals surface area contributed by atoms with Gasteiger partial charge in [0.15, 0.2) is 0 Å². The van der Waals surface area contributed by atoms with Gasteiger partial charge in [0.1, 0.15) is 5.75 Å². The van der Waals surface area contributed by atoms with E-state index in [9.17, 15) is 0 Å². The molecular formula is C16H24ClNO2. The molecule has 0 saturated carbocycles. The Morgan fingerprint density at radius 2 is 2.00 bits per heavy atom. The summed E-state index contributed by atoms with van der Waals surface area (Å²) < 4.78 is 10.8. The third-order valence-electron chi connectivity index (χ3n) is 2.84. The molecular weight excluding hydrogens is 274 g/mol. The molecule has 0 aliphatic carbocycles. The third kappa shape index (κ3) is 6.94. The molecule has 0 aliphatic rings. The van der Waals surface area contributed by atoms with E-state index in [1.165, 1.54) is 0 Å². The number of allylic oxidation sites excluding steroid dienone is 1. The van der Waals surface area contributed by atoms with Crippen molar-refractivity contribution in [1.82, 2.24) is 5.32 Å². The molecule has 20 heavy (non-hydrogen) atoms. The van der Waals surface area contributed by atoms with Crippen LogP contribution in [0, 0.1) is 0 Å². The van der Waals surface area contributed by atoms with Crippen molar-refractivity contribution in [2.75, 3.05) is 33.4 Å². The molecule has 1 rings (SSSR count). The van der Waals surface area contributed by atoms with Crippen LogP contribution in [-0.2, 0) is 11.2 Å². The van der Waals surface area contributed by atoms with E-state index in [2.05, 4.69) is 11.9 Å². The lowest BCUT2D eigenvalue weighted by Crippen LogP contribution is -2.19. The van der Waals surface area contributed by atoms with Gasteiger partial charge < -0.3 is 14.8 Å². The zero-order valence-electron chi connectivity index (χ0n) is 12.2. The smallest absolute Gasteiger partial charge is 0.122 e. The summed E-state index contributed by atoms with van der Waals surface area (Å²) >= 11 is 5.99. The molecule has 112 valence electrons. The Balaban J connectivity index is 2.22. The van der Waals surface area contributed by atoms with Crippen LogP contribution in [0.2, 0.25) is 5.02 Å². The van der Waals surface area contributed by atoms with E-state index in [0.29, 0.717) is 6.61 Å². The van der Waals surface area contributed by atoms with Crippen molar-refractivity contribution in [2.24, 2.45) is 0 Å². The highest BCUT2D eigenvalue weighted by Crippen LogP contribution is 2.23. The Bertz CT molecular complexity index is 396. The molecule has 1 aromatic carbocycles. The van der Waals surface area contributed by atoms with Gasteiger partial charge in [0.05, 0.1) is 6.61 Å². The maximum atomic E-state index is 5.99. The number of ether oxygens (including phenoxy) is 2. The molecule has 1 aromatic rings. The minimum atomic E-state index is 0.697. The number of hydrogen-bond donors (Lipinski definition) is 1. The standard InChI is InChI=1S/C16H24ClNO2/c1-3-6-14-13-15(17)7-8-16(14)20-12-5-10-18-9-4-11-19-2/h3,7-8,13,18H,1,4-6,9-12H2,2H3. The van der Waals surface area contributed by atoms with Crippen LogP contribution in [0.25, 0.3) is 0 Å². The summed E-state index contributed by atoms with van der Waals surface area (Å²) in [6.07, 6.45) is 4.64. The molecule has 0 atom stereocenters. The van der Waals surface area contributed by atoms with E-state index in [0.717, 1.165) is 55.3 Å². The van der Waals surface area contributed by atoms with Crippen LogP contribution in [0.1, 0.15) is 18.4 Å². The average Bonchev–Trinajstić information content (AvgIpc) is 2.44. The van der Waals surface area contributed by atoms with Gasteiger partial charge in [-0.25, -0.2) is 0 Å². The highest BCUT2D eigenvalue weighted by Gasteiger charge is 2.03. The minimum Gasteiger partial charge on any atom is -0.493 e. The molecule has 1 N–H and O–H groups in total. The van der Waals surface area contributed by atoms with Crippen molar-refractivity contribution in [3.05, 3.63) is 41.4 Å². The molecule has 0 amide bonds. The van der Waals surface area contributed by atoms with E-state index < -0.39 is 0 Å². The molecule has 3 nitrogen and oxygen atoms in total. The Morgan fingerprint density at radius 1 is 1.25 bits per heavy atom. The first-order valence-electron chi connectivity index (χ1n) is 6.99. The Kier molecular flexibility index (Phi) is 9.13. The zero-order valence-corrected chi connectivity index (χ0v) is 12.9. The van der Waals surface area contributed by atoms with Gasteiger partial charge in [0, 0.05) is 18.7 Å². The normalized spacial score (nSPS) is 10.5. The highest BCUT2D eigenvalue weighted by molar-refractivity contribution is 6.30. The average molecular weight is 298 g/mol. The first-order chi connectivity index (χ1) is 9.77. The minimum absolute atomic E-state index is 0.697. The third-order valence-corrected chi connectivity index (χ3v) is 3.08. The van der Waals surface area contributed by atoms with Gasteiger partial charge in [-0.05, 0) is 56.1 Å². The molecule has 0 bridgehead atoms. The van der Waals surface area contributed by atoms with Crippen LogP contribution in [0.3, 0.4) is 0 Å². The topological polar surface area (TPSA) is 30.5 Å². The molecule has 0 heterocycles. The summed E-state index contributed by atoms with van der Waals surface area (Å²) in [4.78, 5) is 0. The van der Waals surface area contributed by atoms with Gasteiger partial charge in [-0.3, -0.25) is 0 Å². The molecule has 0 spiro atoms. The van der Waals surface area contributed by atoms with Gasteiger partial charge in [0.25, 0.3) is 0 Å². The van der Waals surface area contributed by atoms with Gasteiger partial charge in [-0.2, -0.15) is 0 Å². The van der Waals surface area contributed by atoms with Crippen LogP contribution in [-0.4, -0.2) is 33.4 Å². The number of rotatable bonds is 11. The lowest BCUT2D eigenvalue weighted by atomic mass is 10.1. The quantitative estimate of drug-likeness (QED) is 0.501. The number of halogens is 1. The summed E-state index contributed by atoms with van der Waals surface area (Å²) in [6, 6.07) is 5.71. The fraction of sp³-hybridized carbons (Fsp3) is 0.500. The van der Waals surface area contributed by atoms with Gasteiger partial charge >= 0.3 is 0 Å². The van der Waals surface area contributed by atoms with E-state index in [4.69, 9.17) is 21.1 Å². The van der Waals surface area contributed by atoms with Crippen molar-refractivity contribution in [1.29, 1.82) is 0 Å². The fourth-order valence-corrected chi connectivity index (χ4v) is 2.04. The van der Waals surface area contributed by atoms with Gasteiger partial charge in [-0.1, -0.05) is 17.7 Å².